The summed E-state index contributed by atoms with van der Waals surface area (Å²) in [5.41, 5.74) is 6.45. The highest BCUT2D eigenvalue weighted by Crippen LogP contribution is 2.44. The van der Waals surface area contributed by atoms with Crippen LogP contribution in [-0.4, -0.2) is 162 Å². The first-order valence-corrected chi connectivity index (χ1v) is 17.2. The van der Waals surface area contributed by atoms with Crippen molar-refractivity contribution in [3.8, 4) is 0 Å². The first kappa shape index (κ1) is 34.2. The van der Waals surface area contributed by atoms with Crippen LogP contribution >= 0.6 is 0 Å². The Balaban J connectivity index is 0.973. The van der Waals surface area contributed by atoms with Crippen LogP contribution < -0.4 is 11.1 Å². The molecule has 45 heavy (non-hydrogen) atoms. The topological polar surface area (TPSA) is 110 Å². The first-order chi connectivity index (χ1) is 21.2. The quantitative estimate of drug-likeness (QED) is 0.270. The lowest BCUT2D eigenvalue weighted by Gasteiger charge is -2.50. The van der Waals surface area contributed by atoms with Crippen LogP contribution in [0.2, 0.25) is 0 Å². The Kier molecular flexibility index (Phi) is 9.88. The van der Waals surface area contributed by atoms with Crippen molar-refractivity contribution < 1.29 is 37.3 Å². The van der Waals surface area contributed by atoms with Gasteiger partial charge in [-0.05, 0) is 72.0 Å². The second-order valence-corrected chi connectivity index (χ2v) is 15.2. The lowest BCUT2D eigenvalue weighted by atomic mass is 9.76. The van der Waals surface area contributed by atoms with Crippen molar-refractivity contribution in [2.75, 3.05) is 54.5 Å². The molecule has 0 aromatic carbocycles. The molecule has 11 nitrogen and oxygen atoms in total. The van der Waals surface area contributed by atoms with Crippen molar-refractivity contribution in [1.29, 1.82) is 0 Å². The molecule has 0 amide bonds. The summed E-state index contributed by atoms with van der Waals surface area (Å²) >= 11 is 0. The van der Waals surface area contributed by atoms with E-state index in [4.69, 9.17) is 10.5 Å². The highest BCUT2D eigenvalue weighted by atomic mass is 19.4. The number of rotatable bonds is 9. The minimum Gasteiger partial charge on any atom is -0.387 e. The normalized spacial score (nSPS) is 48.1. The van der Waals surface area contributed by atoms with Gasteiger partial charge in [0.2, 0.25) is 6.23 Å². The summed E-state index contributed by atoms with van der Waals surface area (Å²) in [7, 11) is 8.41. The molecule has 6 aliphatic rings. The molecule has 2 aliphatic carbocycles. The molecule has 0 spiro atoms. The van der Waals surface area contributed by atoms with Gasteiger partial charge in [0, 0.05) is 37.6 Å². The van der Waals surface area contributed by atoms with Crippen molar-refractivity contribution in [2.24, 2.45) is 17.6 Å². The molecule has 0 aromatic heterocycles. The zero-order valence-electron chi connectivity index (χ0n) is 27.6. The van der Waals surface area contributed by atoms with Gasteiger partial charge in [-0.15, -0.1) is 13.2 Å². The van der Waals surface area contributed by atoms with Gasteiger partial charge in [-0.2, -0.15) is 0 Å². The van der Waals surface area contributed by atoms with Gasteiger partial charge < -0.3 is 25.6 Å². The third-order valence-corrected chi connectivity index (χ3v) is 12.8. The van der Waals surface area contributed by atoms with Crippen LogP contribution in [0.5, 0.6) is 0 Å². The summed E-state index contributed by atoms with van der Waals surface area (Å²) in [5.74, 6) is 0.865. The smallest absolute Gasteiger partial charge is 0.387 e. The number of alkyl halides is 3. The molecule has 0 radical (unpaired) electrons. The number of halogens is 3. The number of nitrogens with zero attached hydrogens (tertiary/aromatic N) is 5. The lowest BCUT2D eigenvalue weighted by Crippen LogP contribution is -2.71. The molecule has 12 atom stereocenters. The van der Waals surface area contributed by atoms with E-state index in [1.807, 2.05) is 0 Å². The summed E-state index contributed by atoms with van der Waals surface area (Å²) in [6.07, 6.45) is -1.12. The van der Waals surface area contributed by atoms with E-state index in [1.54, 1.807) is 0 Å². The number of hydrogen-bond acceptors (Lipinski definition) is 10. The fourth-order valence-corrected chi connectivity index (χ4v) is 10.1. The maximum Gasteiger partial charge on any atom is 0.522 e. The third kappa shape index (κ3) is 6.43. The van der Waals surface area contributed by atoms with E-state index in [-0.39, 0.29) is 36.5 Å². The number of likely N-dealkylation sites (N-methyl/N-ethyl adjacent to an activating group) is 4. The molecule has 260 valence electrons. The van der Waals surface area contributed by atoms with Crippen molar-refractivity contribution in [3.63, 3.8) is 0 Å². The fraction of sp³-hybridized carbons (Fsp3) is 1.00. The zero-order chi connectivity index (χ0) is 32.4. The predicted octanol–water partition coefficient (Wildman–Crippen LogP) is 0.913. The lowest BCUT2D eigenvalue weighted by molar-refractivity contribution is -0.979. The van der Waals surface area contributed by atoms with E-state index in [9.17, 15) is 23.4 Å². The molecule has 4 saturated heterocycles. The molecule has 4 heterocycles. The summed E-state index contributed by atoms with van der Waals surface area (Å²) in [4.78, 5) is 9.32. The number of ether oxygens (including phenoxy) is 2. The molecule has 5 N–H and O–H groups in total. The van der Waals surface area contributed by atoms with E-state index in [0.29, 0.717) is 42.5 Å². The Morgan fingerprint density at radius 3 is 2.44 bits per heavy atom. The molecule has 14 heteroatoms. The van der Waals surface area contributed by atoms with Gasteiger partial charge in [-0.1, -0.05) is 6.92 Å². The second kappa shape index (κ2) is 13.0. The minimum atomic E-state index is -4.58. The Labute approximate surface area is 266 Å². The van der Waals surface area contributed by atoms with E-state index >= 15 is 0 Å². The average Bonchev–Trinajstić information content (AvgIpc) is 3.54. The molecule has 8 unspecified atom stereocenters. The van der Waals surface area contributed by atoms with Crippen LogP contribution in [0, 0.1) is 11.8 Å². The molecular formula is C31H57F3N7O4+. The number of aliphatic hydroxyl groups is 2. The highest BCUT2D eigenvalue weighted by Gasteiger charge is 2.62. The average molecular weight is 649 g/mol. The van der Waals surface area contributed by atoms with E-state index in [1.165, 1.54) is 0 Å². The van der Waals surface area contributed by atoms with Gasteiger partial charge in [0.05, 0.1) is 44.6 Å². The van der Waals surface area contributed by atoms with Crippen molar-refractivity contribution in [2.45, 2.75) is 132 Å². The predicted molar refractivity (Wildman–Crippen MR) is 162 cm³/mol. The van der Waals surface area contributed by atoms with E-state index in [0.717, 1.165) is 51.6 Å². The van der Waals surface area contributed by atoms with Gasteiger partial charge in [0.1, 0.15) is 12.2 Å². The highest BCUT2D eigenvalue weighted by molar-refractivity contribution is 5.01. The number of likely N-dealkylation sites (tertiary alicyclic amines) is 1. The summed E-state index contributed by atoms with van der Waals surface area (Å²) < 4.78 is 50.0. The third-order valence-electron chi connectivity index (χ3n) is 12.8. The number of quaternary nitrogens is 1. The second-order valence-electron chi connectivity index (χ2n) is 15.2. The number of nitrogens with two attached hydrogens (primary N) is 1. The molecule has 6 fully saturated rings. The summed E-state index contributed by atoms with van der Waals surface area (Å²) in [6.45, 7) is 5.14. The number of hydrogen-bond donors (Lipinski definition) is 4. The van der Waals surface area contributed by atoms with Crippen LogP contribution in [0.4, 0.5) is 13.2 Å². The van der Waals surface area contributed by atoms with Gasteiger partial charge >= 0.3 is 6.36 Å². The monoisotopic (exact) mass is 648 g/mol. The zero-order valence-corrected chi connectivity index (χ0v) is 27.6. The molecule has 4 aliphatic heterocycles. The van der Waals surface area contributed by atoms with Gasteiger partial charge in [-0.25, -0.2) is 4.90 Å². The first-order valence-electron chi connectivity index (χ1n) is 17.2. The fourth-order valence-electron chi connectivity index (χ4n) is 10.1. The van der Waals surface area contributed by atoms with Crippen molar-refractivity contribution in [1.82, 2.24) is 24.9 Å². The Bertz CT molecular complexity index is 1030. The summed E-state index contributed by atoms with van der Waals surface area (Å²) in [6, 6.07) is 0.770. The Morgan fingerprint density at radius 2 is 1.76 bits per heavy atom. The Hall–Kier alpha value is -0.650. The van der Waals surface area contributed by atoms with Crippen LogP contribution in [-0.2, 0) is 9.47 Å². The van der Waals surface area contributed by atoms with E-state index < -0.39 is 37.0 Å². The van der Waals surface area contributed by atoms with Crippen LogP contribution in [0.25, 0.3) is 0 Å². The Morgan fingerprint density at radius 1 is 1.04 bits per heavy atom. The van der Waals surface area contributed by atoms with Crippen molar-refractivity contribution in [3.05, 3.63) is 0 Å². The maximum atomic E-state index is 12.8. The van der Waals surface area contributed by atoms with Crippen molar-refractivity contribution >= 4 is 0 Å². The van der Waals surface area contributed by atoms with Gasteiger partial charge in [0.15, 0.2) is 12.3 Å². The molecular weight excluding hydrogens is 591 g/mol. The molecule has 0 aromatic rings. The number of nitrogens with one attached hydrogen (secondary N) is 1. The standard InChI is InChI=1S/C31H57F3N7O4/c1-6-40-17-36-28(35)21-11-12-41(5,29(21)40)30-27(43)26(42)24(44-30)16-37(2)19-13-18(14-19)7-10-25-38(3)22-9-8-20(45-31(32,33)34)15-23(22)39(25)4/h18-30,36,42-43H,6-17,35H2,1-5H3/q+1/t18?,19?,20?,21?,22?,23?,24-,25?,26-,27-,28?,29?,30-,41?/m1/s1. The molecule has 2 saturated carbocycles. The largest absolute Gasteiger partial charge is 0.522 e. The molecule has 0 bridgehead atoms. The maximum absolute atomic E-state index is 12.8. The number of aliphatic hydroxyl groups excluding tert-OH is 2. The SMILES string of the molecule is CCN1CNC(N)C2CC[N+](C)([C@@H]3O[C@H](CN(C)C4CC(CCC5N(C)C6CCC(OC(F)(F)F)CC6N5C)C4)[C@@H](O)[C@H]3O)C21. The van der Waals surface area contributed by atoms with Gasteiger partial charge in [-0.3, -0.25) is 24.3 Å². The van der Waals surface area contributed by atoms with Crippen LogP contribution in [0.15, 0.2) is 0 Å². The van der Waals surface area contributed by atoms with Crippen LogP contribution in [0.1, 0.15) is 58.3 Å². The van der Waals surface area contributed by atoms with E-state index in [2.05, 4.69) is 64.8 Å². The van der Waals surface area contributed by atoms with Gasteiger partial charge in [0.25, 0.3) is 0 Å². The number of fused-ring (bicyclic) bond motifs is 2. The molecule has 6 rings (SSSR count). The van der Waals surface area contributed by atoms with Crippen LogP contribution in [0.3, 0.4) is 0 Å². The summed E-state index contributed by atoms with van der Waals surface area (Å²) in [5, 5.41) is 25.8. The minimum absolute atomic E-state index is 0.0847.